The molecule has 2 aromatic heterocycles. The SMILES string of the molecule is Cc1cc(C)n(CCN(C)Cc2ccc3n(c2=O)C[C@H]2C[C@@H]3CN(C(=O)CN)C2)n1. The molecule has 2 aliphatic heterocycles. The average molecular weight is 413 g/mol. The Kier molecular flexibility index (Phi) is 5.79. The minimum absolute atomic E-state index is 0.00125. The van der Waals surface area contributed by atoms with Crippen LogP contribution in [-0.2, 0) is 24.4 Å². The maximum Gasteiger partial charge on any atom is 0.255 e. The van der Waals surface area contributed by atoms with Gasteiger partial charge in [-0.15, -0.1) is 0 Å². The Morgan fingerprint density at radius 2 is 2.07 bits per heavy atom. The summed E-state index contributed by atoms with van der Waals surface area (Å²) in [4.78, 5) is 29.3. The molecule has 2 aliphatic rings. The Bertz CT molecular complexity index is 994. The number of hydrogen-bond acceptors (Lipinski definition) is 5. The quantitative estimate of drug-likeness (QED) is 0.754. The fourth-order valence-electron chi connectivity index (χ4n) is 4.98. The van der Waals surface area contributed by atoms with Crippen molar-refractivity contribution >= 4 is 5.91 Å². The summed E-state index contributed by atoms with van der Waals surface area (Å²) in [6.07, 6.45) is 1.04. The highest BCUT2D eigenvalue weighted by Gasteiger charge is 2.36. The van der Waals surface area contributed by atoms with Crippen molar-refractivity contribution in [2.24, 2.45) is 11.7 Å². The molecule has 2 aromatic rings. The summed E-state index contributed by atoms with van der Waals surface area (Å²) in [6, 6.07) is 6.13. The number of fused-ring (bicyclic) bond motifs is 4. The van der Waals surface area contributed by atoms with Gasteiger partial charge >= 0.3 is 0 Å². The van der Waals surface area contributed by atoms with Crippen molar-refractivity contribution in [1.82, 2.24) is 24.1 Å². The van der Waals surface area contributed by atoms with Gasteiger partial charge < -0.3 is 20.1 Å². The first-order valence-electron chi connectivity index (χ1n) is 10.8. The monoisotopic (exact) mass is 412 g/mol. The number of likely N-dealkylation sites (tertiary alicyclic amines) is 1. The van der Waals surface area contributed by atoms with Crippen molar-refractivity contribution in [3.63, 3.8) is 0 Å². The number of aromatic nitrogens is 3. The molecule has 8 nitrogen and oxygen atoms in total. The van der Waals surface area contributed by atoms with Crippen LogP contribution >= 0.6 is 0 Å². The number of aryl methyl sites for hydroxylation is 2. The number of amides is 1. The van der Waals surface area contributed by atoms with Crippen molar-refractivity contribution in [2.45, 2.75) is 45.8 Å². The number of likely N-dealkylation sites (N-methyl/N-ethyl adjacent to an activating group) is 1. The van der Waals surface area contributed by atoms with Crippen molar-refractivity contribution in [1.29, 1.82) is 0 Å². The summed E-state index contributed by atoms with van der Waals surface area (Å²) in [7, 11) is 2.04. The third-order valence-corrected chi connectivity index (χ3v) is 6.45. The van der Waals surface area contributed by atoms with Crippen molar-refractivity contribution in [3.05, 3.63) is 51.2 Å². The lowest BCUT2D eigenvalue weighted by molar-refractivity contribution is -0.132. The van der Waals surface area contributed by atoms with Gasteiger partial charge in [0.05, 0.1) is 18.8 Å². The van der Waals surface area contributed by atoms with Crippen LogP contribution in [0.1, 0.15) is 35.0 Å². The third kappa shape index (κ3) is 4.06. The molecule has 0 radical (unpaired) electrons. The fraction of sp³-hybridized carbons (Fsp3) is 0.591. The van der Waals surface area contributed by atoms with Crippen LogP contribution in [0.25, 0.3) is 0 Å². The Labute approximate surface area is 177 Å². The number of hydrogen-bond donors (Lipinski definition) is 1. The highest BCUT2D eigenvalue weighted by atomic mass is 16.2. The number of nitrogens with two attached hydrogens (primary N) is 1. The van der Waals surface area contributed by atoms with Crippen LogP contribution in [0.2, 0.25) is 0 Å². The second-order valence-electron chi connectivity index (χ2n) is 8.89. The number of pyridine rings is 1. The second kappa shape index (κ2) is 8.35. The van der Waals surface area contributed by atoms with E-state index in [0.717, 1.165) is 42.2 Å². The first-order chi connectivity index (χ1) is 14.4. The first-order valence-corrected chi connectivity index (χ1v) is 10.8. The van der Waals surface area contributed by atoms with Crippen LogP contribution in [0.3, 0.4) is 0 Å². The molecule has 2 bridgehead atoms. The molecular formula is C22H32N6O2. The zero-order chi connectivity index (χ0) is 21.4. The molecule has 1 saturated heterocycles. The minimum Gasteiger partial charge on any atom is -0.341 e. The highest BCUT2D eigenvalue weighted by molar-refractivity contribution is 5.78. The van der Waals surface area contributed by atoms with E-state index in [1.165, 1.54) is 0 Å². The van der Waals surface area contributed by atoms with Crippen LogP contribution in [0, 0.1) is 19.8 Å². The molecule has 30 heavy (non-hydrogen) atoms. The Morgan fingerprint density at radius 1 is 1.27 bits per heavy atom. The summed E-state index contributed by atoms with van der Waals surface area (Å²) in [5.41, 5.74) is 9.73. The molecule has 0 aliphatic carbocycles. The Hall–Kier alpha value is -2.45. The van der Waals surface area contributed by atoms with Gasteiger partial charge in [0.2, 0.25) is 5.91 Å². The van der Waals surface area contributed by atoms with E-state index in [0.29, 0.717) is 32.1 Å². The van der Waals surface area contributed by atoms with Gasteiger partial charge in [-0.1, -0.05) is 6.07 Å². The molecule has 0 unspecified atom stereocenters. The maximum atomic E-state index is 13.2. The molecule has 4 heterocycles. The van der Waals surface area contributed by atoms with Gasteiger partial charge in [0, 0.05) is 55.6 Å². The number of nitrogens with zero attached hydrogens (tertiary/aromatic N) is 5. The van der Waals surface area contributed by atoms with Crippen LogP contribution in [0.15, 0.2) is 23.0 Å². The summed E-state index contributed by atoms with van der Waals surface area (Å²) in [6.45, 7) is 8.40. The van der Waals surface area contributed by atoms with E-state index < -0.39 is 0 Å². The van der Waals surface area contributed by atoms with E-state index >= 15 is 0 Å². The van der Waals surface area contributed by atoms with Crippen molar-refractivity contribution in [3.8, 4) is 0 Å². The van der Waals surface area contributed by atoms with Crippen LogP contribution in [0.4, 0.5) is 0 Å². The maximum absolute atomic E-state index is 13.2. The normalized spacial score (nSPS) is 20.5. The molecule has 0 saturated carbocycles. The number of carbonyl (C=O) groups excluding carboxylic acids is 1. The molecule has 162 valence electrons. The smallest absolute Gasteiger partial charge is 0.255 e. The molecule has 2 N–H and O–H groups in total. The number of rotatable bonds is 6. The van der Waals surface area contributed by atoms with Gasteiger partial charge in [0.25, 0.3) is 5.56 Å². The van der Waals surface area contributed by atoms with Gasteiger partial charge in [0.1, 0.15) is 0 Å². The molecule has 4 rings (SSSR count). The first kappa shape index (κ1) is 20.8. The lowest BCUT2D eigenvalue weighted by Gasteiger charge is -2.42. The molecule has 2 atom stereocenters. The largest absolute Gasteiger partial charge is 0.341 e. The lowest BCUT2D eigenvalue weighted by atomic mass is 9.83. The summed E-state index contributed by atoms with van der Waals surface area (Å²) >= 11 is 0. The molecular weight excluding hydrogens is 380 g/mol. The molecule has 0 spiro atoms. The molecule has 8 heteroatoms. The highest BCUT2D eigenvalue weighted by Crippen LogP contribution is 2.35. The van der Waals surface area contributed by atoms with Gasteiger partial charge in [-0.25, -0.2) is 0 Å². The zero-order valence-corrected chi connectivity index (χ0v) is 18.2. The van der Waals surface area contributed by atoms with E-state index in [1.807, 2.05) is 34.2 Å². The summed E-state index contributed by atoms with van der Waals surface area (Å²) < 4.78 is 3.97. The lowest BCUT2D eigenvalue weighted by Crippen LogP contribution is -2.50. The predicted molar refractivity (Wildman–Crippen MR) is 115 cm³/mol. The Morgan fingerprint density at radius 3 is 2.77 bits per heavy atom. The summed E-state index contributed by atoms with van der Waals surface area (Å²) in [5, 5.41) is 4.51. The van der Waals surface area contributed by atoms with E-state index in [9.17, 15) is 9.59 Å². The molecule has 0 aromatic carbocycles. The number of carbonyl (C=O) groups is 1. The van der Waals surface area contributed by atoms with Gasteiger partial charge in [-0.3, -0.25) is 14.3 Å². The van der Waals surface area contributed by atoms with Gasteiger partial charge in [0.15, 0.2) is 0 Å². The average Bonchev–Trinajstić information content (AvgIpc) is 3.05. The minimum atomic E-state index is 0.00125. The van der Waals surface area contributed by atoms with Crippen LogP contribution in [-0.4, -0.2) is 63.3 Å². The van der Waals surface area contributed by atoms with Gasteiger partial charge in [-0.2, -0.15) is 5.10 Å². The Balaban J connectivity index is 1.46. The van der Waals surface area contributed by atoms with Crippen LogP contribution < -0.4 is 11.3 Å². The standard InChI is InChI=1S/C22H32N6O2/c1-15-8-16(2)28(24-15)7-6-25(3)13-18-4-5-20-19-9-17(12-27(20)22(18)30)11-26(14-19)21(29)10-23/h4-5,8,17,19H,6-7,9-14,23H2,1-3H3/t17-,19+/m0/s1. The third-order valence-electron chi connectivity index (χ3n) is 6.45. The molecule has 1 fully saturated rings. The second-order valence-corrected chi connectivity index (χ2v) is 8.89. The van der Waals surface area contributed by atoms with E-state index in [1.54, 1.807) is 0 Å². The van der Waals surface area contributed by atoms with E-state index in [-0.39, 0.29) is 23.9 Å². The topological polar surface area (TPSA) is 89.4 Å². The van der Waals surface area contributed by atoms with Gasteiger partial charge in [-0.05, 0) is 45.4 Å². The van der Waals surface area contributed by atoms with E-state index in [2.05, 4.69) is 29.1 Å². The predicted octanol–water partition coefficient (Wildman–Crippen LogP) is 0.698. The number of piperidine rings is 1. The van der Waals surface area contributed by atoms with E-state index in [4.69, 9.17) is 5.73 Å². The van der Waals surface area contributed by atoms with Crippen molar-refractivity contribution < 1.29 is 4.79 Å². The van der Waals surface area contributed by atoms with Crippen LogP contribution in [0.5, 0.6) is 0 Å². The molecule has 1 amide bonds. The fourth-order valence-corrected chi connectivity index (χ4v) is 4.98. The summed E-state index contributed by atoms with van der Waals surface area (Å²) in [5.74, 6) is 0.545. The zero-order valence-electron chi connectivity index (χ0n) is 18.2. The van der Waals surface area contributed by atoms with Crippen molar-refractivity contribution in [2.75, 3.05) is 33.2 Å².